The van der Waals surface area contributed by atoms with Gasteiger partial charge in [0.15, 0.2) is 0 Å². The highest BCUT2D eigenvalue weighted by atomic mass is 19.3. The molecule has 2 aromatic rings. The fourth-order valence-electron chi connectivity index (χ4n) is 2.93. The number of hydrogen-bond acceptors (Lipinski definition) is 3. The second-order valence-corrected chi connectivity index (χ2v) is 7.23. The van der Waals surface area contributed by atoms with Gasteiger partial charge >= 0.3 is 6.61 Å². The number of amides is 2. The largest absolute Gasteiger partial charge is 0.435 e. The second kappa shape index (κ2) is 10.0. The molecule has 0 spiro atoms. The van der Waals surface area contributed by atoms with Crippen LogP contribution in [0.4, 0.5) is 8.78 Å². The molecule has 0 fully saturated rings. The first-order valence-corrected chi connectivity index (χ1v) is 9.34. The topological polar surface area (TPSA) is 58.6 Å². The lowest BCUT2D eigenvalue weighted by Crippen LogP contribution is -2.50. The molecule has 1 unspecified atom stereocenters. The van der Waals surface area contributed by atoms with Gasteiger partial charge in [0.2, 0.25) is 5.91 Å². The van der Waals surface area contributed by atoms with Crippen molar-refractivity contribution < 1.29 is 23.1 Å². The van der Waals surface area contributed by atoms with E-state index in [2.05, 4.69) is 10.1 Å². The molecule has 0 radical (unpaired) electrons. The van der Waals surface area contributed by atoms with Crippen LogP contribution in [0, 0.1) is 12.8 Å². The van der Waals surface area contributed by atoms with E-state index in [1.54, 1.807) is 31.3 Å². The minimum atomic E-state index is -2.88. The Morgan fingerprint density at radius 1 is 1.07 bits per heavy atom. The summed E-state index contributed by atoms with van der Waals surface area (Å²) in [5, 5.41) is 2.84. The summed E-state index contributed by atoms with van der Waals surface area (Å²) in [6.45, 7) is 2.97. The van der Waals surface area contributed by atoms with E-state index in [4.69, 9.17) is 0 Å². The summed E-state index contributed by atoms with van der Waals surface area (Å²) in [4.78, 5) is 27.1. The molecule has 0 saturated carbocycles. The van der Waals surface area contributed by atoms with E-state index in [1.807, 2.05) is 32.9 Å². The molecule has 2 aromatic carbocycles. The Morgan fingerprint density at radius 2 is 1.69 bits per heavy atom. The van der Waals surface area contributed by atoms with Gasteiger partial charge in [-0.2, -0.15) is 8.78 Å². The zero-order valence-electron chi connectivity index (χ0n) is 17.0. The fourth-order valence-corrected chi connectivity index (χ4v) is 2.93. The van der Waals surface area contributed by atoms with Crippen molar-refractivity contribution in [2.45, 2.75) is 40.0 Å². The molecule has 2 amide bonds. The number of nitrogens with zero attached hydrogens (tertiary/aromatic N) is 1. The number of likely N-dealkylation sites (N-methyl/N-ethyl adjacent to an activating group) is 1. The van der Waals surface area contributed by atoms with Crippen molar-refractivity contribution in [3.05, 3.63) is 65.2 Å². The lowest BCUT2D eigenvalue weighted by Gasteiger charge is -2.27. The molecule has 0 aromatic heterocycles. The minimum absolute atomic E-state index is 0.0586. The van der Waals surface area contributed by atoms with Crippen molar-refractivity contribution in [2.24, 2.45) is 5.92 Å². The molecule has 1 atom stereocenters. The van der Waals surface area contributed by atoms with Gasteiger partial charge in [-0.05, 0) is 42.2 Å². The number of nitrogens with one attached hydrogen (secondary N) is 1. The Hall–Kier alpha value is -2.96. The van der Waals surface area contributed by atoms with E-state index in [0.29, 0.717) is 5.56 Å². The van der Waals surface area contributed by atoms with Gasteiger partial charge in [-0.25, -0.2) is 0 Å². The van der Waals surface area contributed by atoms with E-state index in [9.17, 15) is 18.4 Å². The van der Waals surface area contributed by atoms with Crippen LogP contribution in [-0.4, -0.2) is 36.4 Å². The van der Waals surface area contributed by atoms with Crippen LogP contribution in [0.1, 0.15) is 35.3 Å². The molecule has 0 aliphatic carbocycles. The Kier molecular flexibility index (Phi) is 7.70. The predicted octanol–water partition coefficient (Wildman–Crippen LogP) is 4.01. The SMILES string of the molecule is Cc1ccccc1C(=O)NC(C(=O)N(C)Cc1ccc(OC(F)F)cc1)C(C)C. The Labute approximate surface area is 169 Å². The first-order valence-electron chi connectivity index (χ1n) is 9.34. The summed E-state index contributed by atoms with van der Waals surface area (Å²) in [5.41, 5.74) is 2.12. The number of alkyl halides is 2. The van der Waals surface area contributed by atoms with E-state index < -0.39 is 12.7 Å². The lowest BCUT2D eigenvalue weighted by molar-refractivity contribution is -0.133. The summed E-state index contributed by atoms with van der Waals surface area (Å²) in [6.07, 6.45) is 0. The van der Waals surface area contributed by atoms with Crippen LogP contribution in [0.3, 0.4) is 0 Å². The number of carbonyl (C=O) groups is 2. The van der Waals surface area contributed by atoms with Crippen LogP contribution >= 0.6 is 0 Å². The van der Waals surface area contributed by atoms with Gasteiger partial charge in [-0.15, -0.1) is 0 Å². The highest BCUT2D eigenvalue weighted by Crippen LogP contribution is 2.17. The first-order chi connectivity index (χ1) is 13.7. The van der Waals surface area contributed by atoms with Crippen LogP contribution in [0.15, 0.2) is 48.5 Å². The zero-order chi connectivity index (χ0) is 21.6. The van der Waals surface area contributed by atoms with Crippen molar-refractivity contribution in [3.63, 3.8) is 0 Å². The third-order valence-corrected chi connectivity index (χ3v) is 4.55. The minimum Gasteiger partial charge on any atom is -0.435 e. The third-order valence-electron chi connectivity index (χ3n) is 4.55. The van der Waals surface area contributed by atoms with Crippen molar-refractivity contribution in [2.75, 3.05) is 7.05 Å². The zero-order valence-corrected chi connectivity index (χ0v) is 17.0. The monoisotopic (exact) mass is 404 g/mol. The molecule has 0 heterocycles. The molecule has 1 N–H and O–H groups in total. The summed E-state index contributed by atoms with van der Waals surface area (Å²) in [5.74, 6) is -0.574. The number of halogens is 2. The number of hydrogen-bond donors (Lipinski definition) is 1. The van der Waals surface area contributed by atoms with Crippen molar-refractivity contribution in [1.29, 1.82) is 0 Å². The highest BCUT2D eigenvalue weighted by Gasteiger charge is 2.27. The van der Waals surface area contributed by atoms with E-state index in [-0.39, 0.29) is 30.0 Å². The van der Waals surface area contributed by atoms with Crippen LogP contribution in [0.2, 0.25) is 0 Å². The smallest absolute Gasteiger partial charge is 0.387 e. The summed E-state index contributed by atoms with van der Waals surface area (Å²) < 4.78 is 28.8. The molecule has 2 rings (SSSR count). The molecule has 0 aliphatic heterocycles. The van der Waals surface area contributed by atoms with Crippen LogP contribution in [0.25, 0.3) is 0 Å². The first kappa shape index (κ1) is 22.3. The van der Waals surface area contributed by atoms with Gasteiger partial charge < -0.3 is 15.0 Å². The number of rotatable bonds is 8. The average molecular weight is 404 g/mol. The van der Waals surface area contributed by atoms with Gasteiger partial charge in [0, 0.05) is 19.2 Å². The third kappa shape index (κ3) is 6.27. The van der Waals surface area contributed by atoms with Gasteiger partial charge in [0.1, 0.15) is 11.8 Å². The van der Waals surface area contributed by atoms with Crippen molar-refractivity contribution in [3.8, 4) is 5.75 Å². The number of benzene rings is 2. The molecule has 7 heteroatoms. The Balaban J connectivity index is 2.06. The molecule has 156 valence electrons. The fraction of sp³-hybridized carbons (Fsp3) is 0.364. The van der Waals surface area contributed by atoms with Gasteiger partial charge in [-0.3, -0.25) is 9.59 Å². The predicted molar refractivity (Wildman–Crippen MR) is 107 cm³/mol. The van der Waals surface area contributed by atoms with E-state index in [0.717, 1.165) is 11.1 Å². The maximum Gasteiger partial charge on any atom is 0.387 e. The molecule has 0 saturated heterocycles. The summed E-state index contributed by atoms with van der Waals surface area (Å²) >= 11 is 0. The van der Waals surface area contributed by atoms with Crippen molar-refractivity contribution >= 4 is 11.8 Å². The highest BCUT2D eigenvalue weighted by molar-refractivity contribution is 5.98. The molecular formula is C22H26F2N2O3. The quantitative estimate of drug-likeness (QED) is 0.723. The van der Waals surface area contributed by atoms with Gasteiger partial charge in [0.05, 0.1) is 0 Å². The average Bonchev–Trinajstić information content (AvgIpc) is 2.66. The lowest BCUT2D eigenvalue weighted by atomic mass is 10.0. The van der Waals surface area contributed by atoms with Crippen LogP contribution in [0.5, 0.6) is 5.75 Å². The molecule has 29 heavy (non-hydrogen) atoms. The maximum atomic E-state index is 12.9. The Morgan fingerprint density at radius 3 is 2.24 bits per heavy atom. The second-order valence-electron chi connectivity index (χ2n) is 7.23. The number of carbonyl (C=O) groups excluding carboxylic acids is 2. The van der Waals surface area contributed by atoms with Gasteiger partial charge in [0.25, 0.3) is 5.91 Å². The van der Waals surface area contributed by atoms with E-state index in [1.165, 1.54) is 17.0 Å². The normalized spacial score (nSPS) is 12.0. The molecule has 5 nitrogen and oxygen atoms in total. The number of ether oxygens (including phenoxy) is 1. The van der Waals surface area contributed by atoms with Gasteiger partial charge in [-0.1, -0.05) is 44.2 Å². The van der Waals surface area contributed by atoms with E-state index >= 15 is 0 Å². The summed E-state index contributed by atoms with van der Waals surface area (Å²) in [6, 6.07) is 12.6. The number of aryl methyl sites for hydroxylation is 1. The molecule has 0 aliphatic rings. The summed E-state index contributed by atoms with van der Waals surface area (Å²) in [7, 11) is 1.64. The van der Waals surface area contributed by atoms with Crippen LogP contribution in [-0.2, 0) is 11.3 Å². The van der Waals surface area contributed by atoms with Crippen molar-refractivity contribution in [1.82, 2.24) is 10.2 Å². The van der Waals surface area contributed by atoms with Crippen LogP contribution < -0.4 is 10.1 Å². The Bertz CT molecular complexity index is 838. The standard InChI is InChI=1S/C22H26F2N2O3/c1-14(2)19(25-20(27)18-8-6-5-7-15(18)3)21(28)26(4)13-16-9-11-17(12-10-16)29-22(23)24/h5-12,14,19,22H,13H2,1-4H3,(H,25,27). The molecular weight excluding hydrogens is 378 g/mol. The molecule has 0 bridgehead atoms. The maximum absolute atomic E-state index is 12.9.